The lowest BCUT2D eigenvalue weighted by atomic mass is 9.87. The van der Waals surface area contributed by atoms with Crippen LogP contribution < -0.4 is 5.73 Å². The Hall–Kier alpha value is -0.800. The predicted molar refractivity (Wildman–Crippen MR) is 51.3 cm³/mol. The van der Waals surface area contributed by atoms with Crippen LogP contribution in [0.2, 0.25) is 0 Å². The molecular formula is C10H17NO2. The molecule has 3 heteroatoms. The monoisotopic (exact) mass is 183 g/mol. The van der Waals surface area contributed by atoms with Gasteiger partial charge >= 0.3 is 0 Å². The summed E-state index contributed by atoms with van der Waals surface area (Å²) in [6.07, 6.45) is 1.63. The van der Waals surface area contributed by atoms with Gasteiger partial charge in [0.2, 0.25) is 0 Å². The van der Waals surface area contributed by atoms with Gasteiger partial charge in [-0.15, -0.1) is 0 Å². The van der Waals surface area contributed by atoms with Gasteiger partial charge < -0.3 is 15.3 Å². The van der Waals surface area contributed by atoms with Gasteiger partial charge in [-0.25, -0.2) is 0 Å². The van der Waals surface area contributed by atoms with Gasteiger partial charge in [-0.1, -0.05) is 13.8 Å². The molecule has 13 heavy (non-hydrogen) atoms. The zero-order chi connectivity index (χ0) is 9.84. The molecule has 0 amide bonds. The fourth-order valence-electron chi connectivity index (χ4n) is 1.63. The molecule has 2 unspecified atom stereocenters. The Kier molecular flexibility index (Phi) is 3.51. The van der Waals surface area contributed by atoms with Crippen molar-refractivity contribution in [2.24, 2.45) is 11.7 Å². The lowest BCUT2D eigenvalue weighted by Gasteiger charge is -2.23. The lowest BCUT2D eigenvalue weighted by molar-refractivity contribution is 0.220. The van der Waals surface area contributed by atoms with Crippen LogP contribution in [0.25, 0.3) is 0 Å². The molecule has 0 fully saturated rings. The standard InChI is InChI=1S/C10H17NO2/c1-7(2)10(8(11)6-12)9-4-3-5-13-9/h3-5,7-8,10,12H,6,11H2,1-2H3. The van der Waals surface area contributed by atoms with Gasteiger partial charge in [0.15, 0.2) is 0 Å². The maximum Gasteiger partial charge on any atom is 0.108 e. The number of furan rings is 1. The van der Waals surface area contributed by atoms with Crippen LogP contribution >= 0.6 is 0 Å². The van der Waals surface area contributed by atoms with Gasteiger partial charge in [0, 0.05) is 12.0 Å². The molecule has 0 aliphatic rings. The molecular weight excluding hydrogens is 166 g/mol. The van der Waals surface area contributed by atoms with Crippen LogP contribution in [0, 0.1) is 5.92 Å². The van der Waals surface area contributed by atoms with Crippen LogP contribution in [0.3, 0.4) is 0 Å². The number of hydrogen-bond donors (Lipinski definition) is 2. The summed E-state index contributed by atoms with van der Waals surface area (Å²) in [5.41, 5.74) is 5.80. The Labute approximate surface area is 78.5 Å². The smallest absolute Gasteiger partial charge is 0.108 e. The third-order valence-corrected chi connectivity index (χ3v) is 2.26. The quantitative estimate of drug-likeness (QED) is 0.740. The summed E-state index contributed by atoms with van der Waals surface area (Å²) in [5, 5.41) is 8.99. The number of aliphatic hydroxyl groups excluding tert-OH is 1. The number of nitrogens with two attached hydrogens (primary N) is 1. The molecule has 3 N–H and O–H groups in total. The van der Waals surface area contributed by atoms with Crippen molar-refractivity contribution in [1.82, 2.24) is 0 Å². The fraction of sp³-hybridized carbons (Fsp3) is 0.600. The number of hydrogen-bond acceptors (Lipinski definition) is 3. The number of rotatable bonds is 4. The first-order chi connectivity index (χ1) is 6.16. The van der Waals surface area contributed by atoms with E-state index in [-0.39, 0.29) is 18.6 Å². The van der Waals surface area contributed by atoms with Gasteiger partial charge in [-0.05, 0) is 18.1 Å². The van der Waals surface area contributed by atoms with Gasteiger partial charge in [-0.3, -0.25) is 0 Å². The van der Waals surface area contributed by atoms with Gasteiger partial charge in [0.05, 0.1) is 12.9 Å². The van der Waals surface area contributed by atoms with Crippen molar-refractivity contribution in [3.8, 4) is 0 Å². The summed E-state index contributed by atoms with van der Waals surface area (Å²) >= 11 is 0. The highest BCUT2D eigenvalue weighted by atomic mass is 16.3. The van der Waals surface area contributed by atoms with Crippen LogP contribution in [0.4, 0.5) is 0 Å². The maximum atomic E-state index is 8.99. The van der Waals surface area contributed by atoms with Crippen molar-refractivity contribution in [3.05, 3.63) is 24.2 Å². The summed E-state index contributed by atoms with van der Waals surface area (Å²) in [6.45, 7) is 4.13. The van der Waals surface area contributed by atoms with E-state index in [2.05, 4.69) is 13.8 Å². The first-order valence-corrected chi connectivity index (χ1v) is 4.56. The minimum Gasteiger partial charge on any atom is -0.469 e. The van der Waals surface area contributed by atoms with Crippen LogP contribution in [-0.2, 0) is 0 Å². The van der Waals surface area contributed by atoms with Crippen molar-refractivity contribution in [3.63, 3.8) is 0 Å². The van der Waals surface area contributed by atoms with E-state index in [1.165, 1.54) is 0 Å². The van der Waals surface area contributed by atoms with Crippen LogP contribution in [-0.4, -0.2) is 17.8 Å². The van der Waals surface area contributed by atoms with Crippen LogP contribution in [0.5, 0.6) is 0 Å². The van der Waals surface area contributed by atoms with Crippen molar-refractivity contribution < 1.29 is 9.52 Å². The first kappa shape index (κ1) is 10.3. The highest BCUT2D eigenvalue weighted by Gasteiger charge is 2.24. The summed E-state index contributed by atoms with van der Waals surface area (Å²) < 4.78 is 5.29. The third kappa shape index (κ3) is 2.32. The largest absolute Gasteiger partial charge is 0.469 e. The topological polar surface area (TPSA) is 59.4 Å². The van der Waals surface area contributed by atoms with E-state index >= 15 is 0 Å². The maximum absolute atomic E-state index is 8.99. The van der Waals surface area contributed by atoms with Gasteiger partial charge in [0.25, 0.3) is 0 Å². The molecule has 0 saturated carbocycles. The van der Waals surface area contributed by atoms with Crippen molar-refractivity contribution >= 4 is 0 Å². The molecule has 0 aliphatic heterocycles. The minimum atomic E-state index is -0.244. The second kappa shape index (κ2) is 4.44. The van der Waals surface area contributed by atoms with E-state index in [0.717, 1.165) is 5.76 Å². The molecule has 0 spiro atoms. The van der Waals surface area contributed by atoms with Crippen LogP contribution in [0.15, 0.2) is 22.8 Å². The van der Waals surface area contributed by atoms with Gasteiger partial charge in [-0.2, -0.15) is 0 Å². The Morgan fingerprint density at radius 2 is 2.23 bits per heavy atom. The molecule has 1 rings (SSSR count). The number of aliphatic hydroxyl groups is 1. The molecule has 0 aliphatic carbocycles. The zero-order valence-corrected chi connectivity index (χ0v) is 8.10. The average Bonchev–Trinajstić information content (AvgIpc) is 2.56. The van der Waals surface area contributed by atoms with E-state index in [4.69, 9.17) is 15.3 Å². The normalized spacial score (nSPS) is 16.1. The van der Waals surface area contributed by atoms with E-state index in [1.807, 2.05) is 12.1 Å². The summed E-state index contributed by atoms with van der Waals surface area (Å²) in [4.78, 5) is 0. The summed E-state index contributed by atoms with van der Waals surface area (Å²) in [5.74, 6) is 1.32. The zero-order valence-electron chi connectivity index (χ0n) is 8.10. The van der Waals surface area contributed by atoms with E-state index < -0.39 is 0 Å². The molecule has 0 bridgehead atoms. The summed E-state index contributed by atoms with van der Waals surface area (Å²) in [7, 11) is 0. The second-order valence-corrected chi connectivity index (χ2v) is 3.63. The molecule has 2 atom stereocenters. The molecule has 0 saturated heterocycles. The van der Waals surface area contributed by atoms with E-state index in [9.17, 15) is 0 Å². The lowest BCUT2D eigenvalue weighted by Crippen LogP contribution is -2.34. The predicted octanol–water partition coefficient (Wildman–Crippen LogP) is 1.34. The molecule has 1 aromatic rings. The van der Waals surface area contributed by atoms with Gasteiger partial charge in [0.1, 0.15) is 5.76 Å². The molecule has 3 nitrogen and oxygen atoms in total. The third-order valence-electron chi connectivity index (χ3n) is 2.26. The second-order valence-electron chi connectivity index (χ2n) is 3.63. The molecule has 1 aromatic heterocycles. The highest BCUT2D eigenvalue weighted by Crippen LogP contribution is 2.27. The molecule has 1 heterocycles. The minimum absolute atomic E-state index is 0.0104. The SMILES string of the molecule is CC(C)C(c1ccco1)C(N)CO. The Balaban J connectivity index is 2.80. The van der Waals surface area contributed by atoms with Crippen molar-refractivity contribution in [2.45, 2.75) is 25.8 Å². The average molecular weight is 183 g/mol. The van der Waals surface area contributed by atoms with E-state index in [0.29, 0.717) is 5.92 Å². The van der Waals surface area contributed by atoms with E-state index in [1.54, 1.807) is 6.26 Å². The molecule has 74 valence electrons. The highest BCUT2D eigenvalue weighted by molar-refractivity contribution is 5.09. The Bertz CT molecular complexity index is 231. The Morgan fingerprint density at radius 1 is 1.54 bits per heavy atom. The van der Waals surface area contributed by atoms with Crippen molar-refractivity contribution in [1.29, 1.82) is 0 Å². The molecule has 0 radical (unpaired) electrons. The molecule has 0 aromatic carbocycles. The first-order valence-electron chi connectivity index (χ1n) is 4.56. The van der Waals surface area contributed by atoms with Crippen LogP contribution in [0.1, 0.15) is 25.5 Å². The Morgan fingerprint density at radius 3 is 2.62 bits per heavy atom. The van der Waals surface area contributed by atoms with Crippen molar-refractivity contribution in [2.75, 3.05) is 6.61 Å². The fourth-order valence-corrected chi connectivity index (χ4v) is 1.63. The summed E-state index contributed by atoms with van der Waals surface area (Å²) in [6, 6.07) is 3.50.